The van der Waals surface area contributed by atoms with Gasteiger partial charge < -0.3 is 10.1 Å². The van der Waals surface area contributed by atoms with Crippen molar-refractivity contribution in [2.45, 2.75) is 51.1 Å². The van der Waals surface area contributed by atoms with Crippen LogP contribution in [0.5, 0.6) is 5.75 Å². The fourth-order valence-corrected chi connectivity index (χ4v) is 5.09. The van der Waals surface area contributed by atoms with Crippen LogP contribution in [0.3, 0.4) is 0 Å². The van der Waals surface area contributed by atoms with Gasteiger partial charge in [-0.2, -0.15) is 0 Å². The molecular weight excluding hydrogens is 451 g/mol. The lowest BCUT2D eigenvalue weighted by Gasteiger charge is -2.32. The van der Waals surface area contributed by atoms with Crippen LogP contribution in [-0.4, -0.2) is 24.5 Å². The molecule has 1 aliphatic rings. The largest absolute Gasteiger partial charge is 0.494 e. The number of halogens is 1. The molecule has 1 atom stereocenters. The molecule has 178 valence electrons. The van der Waals surface area contributed by atoms with Gasteiger partial charge in [0.25, 0.3) is 0 Å². The predicted octanol–water partition coefficient (Wildman–Crippen LogP) is 5.66. The first-order chi connectivity index (χ1) is 16.6. The SMILES string of the molecule is CCOc1ccc(N(C(=O)Cc2cccs2)[C@H](C(=O)NC2CCCC2)c2ccccc2F)cc1. The second kappa shape index (κ2) is 11.3. The summed E-state index contributed by atoms with van der Waals surface area (Å²) in [6, 6.07) is 15.9. The summed E-state index contributed by atoms with van der Waals surface area (Å²) >= 11 is 1.48. The molecule has 1 N–H and O–H groups in total. The second-order valence-electron chi connectivity index (χ2n) is 8.36. The molecule has 0 bridgehead atoms. The molecule has 7 heteroatoms. The molecule has 0 unspecified atom stereocenters. The van der Waals surface area contributed by atoms with E-state index < -0.39 is 11.9 Å². The molecule has 2 aromatic carbocycles. The van der Waals surface area contributed by atoms with E-state index in [0.29, 0.717) is 18.0 Å². The molecule has 1 saturated carbocycles. The normalized spacial score (nSPS) is 14.5. The van der Waals surface area contributed by atoms with E-state index in [1.54, 1.807) is 42.5 Å². The Labute approximate surface area is 203 Å². The van der Waals surface area contributed by atoms with Gasteiger partial charge in [0.05, 0.1) is 13.0 Å². The Morgan fingerprint density at radius 3 is 2.47 bits per heavy atom. The summed E-state index contributed by atoms with van der Waals surface area (Å²) in [7, 11) is 0. The number of hydrogen-bond donors (Lipinski definition) is 1. The van der Waals surface area contributed by atoms with Gasteiger partial charge >= 0.3 is 0 Å². The van der Waals surface area contributed by atoms with Crippen LogP contribution in [0.1, 0.15) is 49.1 Å². The first kappa shape index (κ1) is 24.0. The fraction of sp³-hybridized carbons (Fsp3) is 0.333. The quantitative estimate of drug-likeness (QED) is 0.430. The van der Waals surface area contributed by atoms with Crippen molar-refractivity contribution < 1.29 is 18.7 Å². The summed E-state index contributed by atoms with van der Waals surface area (Å²) in [5, 5.41) is 4.99. The molecule has 0 aliphatic heterocycles. The molecule has 0 saturated heterocycles. The third kappa shape index (κ3) is 5.65. The molecule has 5 nitrogen and oxygen atoms in total. The van der Waals surface area contributed by atoms with Crippen LogP contribution >= 0.6 is 11.3 Å². The number of nitrogens with zero attached hydrogens (tertiary/aromatic N) is 1. The van der Waals surface area contributed by atoms with Gasteiger partial charge in [0.1, 0.15) is 17.6 Å². The molecule has 4 rings (SSSR count). The molecule has 1 heterocycles. The van der Waals surface area contributed by atoms with E-state index in [0.717, 1.165) is 30.6 Å². The number of rotatable bonds is 9. The van der Waals surface area contributed by atoms with Crippen LogP contribution in [-0.2, 0) is 16.0 Å². The first-order valence-corrected chi connectivity index (χ1v) is 12.6. The highest BCUT2D eigenvalue weighted by Gasteiger charge is 2.35. The Balaban J connectivity index is 1.76. The Kier molecular flexibility index (Phi) is 7.95. The van der Waals surface area contributed by atoms with E-state index in [-0.39, 0.29) is 29.8 Å². The van der Waals surface area contributed by atoms with Crippen molar-refractivity contribution in [3.05, 3.63) is 82.3 Å². The Morgan fingerprint density at radius 1 is 1.09 bits per heavy atom. The van der Waals surface area contributed by atoms with Gasteiger partial charge in [0, 0.05) is 22.2 Å². The third-order valence-electron chi connectivity index (χ3n) is 6.01. The van der Waals surface area contributed by atoms with Crippen LogP contribution in [0, 0.1) is 5.82 Å². The fourth-order valence-electron chi connectivity index (χ4n) is 4.40. The van der Waals surface area contributed by atoms with Gasteiger partial charge in [-0.1, -0.05) is 37.1 Å². The minimum atomic E-state index is -1.13. The number of carbonyl (C=O) groups is 2. The number of carbonyl (C=O) groups excluding carboxylic acids is 2. The number of ether oxygens (including phenoxy) is 1. The van der Waals surface area contributed by atoms with Gasteiger partial charge in [0.15, 0.2) is 0 Å². The highest BCUT2D eigenvalue weighted by molar-refractivity contribution is 7.10. The minimum absolute atomic E-state index is 0.0383. The van der Waals surface area contributed by atoms with E-state index in [2.05, 4.69) is 5.32 Å². The molecule has 34 heavy (non-hydrogen) atoms. The monoisotopic (exact) mass is 480 g/mol. The lowest BCUT2D eigenvalue weighted by atomic mass is 10.0. The number of anilines is 1. The number of thiophene rings is 1. The molecule has 0 radical (unpaired) electrons. The summed E-state index contributed by atoms with van der Waals surface area (Å²) in [6.45, 7) is 2.41. The molecule has 2 amide bonds. The summed E-state index contributed by atoms with van der Waals surface area (Å²) in [6.07, 6.45) is 4.00. The first-order valence-electron chi connectivity index (χ1n) is 11.7. The van der Waals surface area contributed by atoms with Crippen molar-refractivity contribution in [2.75, 3.05) is 11.5 Å². The van der Waals surface area contributed by atoms with Gasteiger partial charge in [0.2, 0.25) is 11.8 Å². The molecule has 1 fully saturated rings. The smallest absolute Gasteiger partial charge is 0.248 e. The molecule has 1 aliphatic carbocycles. The van der Waals surface area contributed by atoms with Crippen molar-refractivity contribution in [3.63, 3.8) is 0 Å². The van der Waals surface area contributed by atoms with Crippen molar-refractivity contribution in [2.24, 2.45) is 0 Å². The topological polar surface area (TPSA) is 58.6 Å². The Morgan fingerprint density at radius 2 is 1.82 bits per heavy atom. The summed E-state index contributed by atoms with van der Waals surface area (Å²) in [5.41, 5.74) is 0.686. The average Bonchev–Trinajstić information content (AvgIpc) is 3.53. The van der Waals surface area contributed by atoms with Crippen LogP contribution < -0.4 is 15.0 Å². The van der Waals surface area contributed by atoms with Crippen LogP contribution in [0.2, 0.25) is 0 Å². The van der Waals surface area contributed by atoms with Crippen molar-refractivity contribution in [3.8, 4) is 5.75 Å². The molecule has 3 aromatic rings. The Bertz CT molecular complexity index is 1100. The lowest BCUT2D eigenvalue weighted by molar-refractivity contribution is -0.127. The zero-order valence-corrected chi connectivity index (χ0v) is 20.0. The lowest BCUT2D eigenvalue weighted by Crippen LogP contribution is -2.47. The number of benzene rings is 2. The van der Waals surface area contributed by atoms with Gasteiger partial charge in [-0.15, -0.1) is 11.3 Å². The summed E-state index contributed by atoms with van der Waals surface area (Å²) in [5.74, 6) is -0.504. The standard InChI is InChI=1S/C27H29FN2O3S/c1-2-33-21-15-13-20(14-16-21)30(25(31)18-22-10-7-17-34-22)26(23-11-5-6-12-24(23)28)27(32)29-19-8-3-4-9-19/h5-7,10-17,19,26H,2-4,8-9,18H2,1H3,(H,29,32)/t26-/m0/s1. The highest BCUT2D eigenvalue weighted by atomic mass is 32.1. The maximum absolute atomic E-state index is 15.1. The number of amides is 2. The maximum atomic E-state index is 15.1. The van der Waals surface area contributed by atoms with Crippen LogP contribution in [0.15, 0.2) is 66.0 Å². The second-order valence-corrected chi connectivity index (χ2v) is 9.39. The van der Waals surface area contributed by atoms with E-state index >= 15 is 4.39 Å². The van der Waals surface area contributed by atoms with E-state index in [4.69, 9.17) is 4.74 Å². The van der Waals surface area contributed by atoms with E-state index in [9.17, 15) is 9.59 Å². The van der Waals surface area contributed by atoms with Gasteiger partial charge in [-0.25, -0.2) is 4.39 Å². The Hall–Kier alpha value is -3.19. The number of nitrogens with one attached hydrogen (secondary N) is 1. The predicted molar refractivity (Wildman–Crippen MR) is 133 cm³/mol. The van der Waals surface area contributed by atoms with Crippen molar-refractivity contribution >= 4 is 28.8 Å². The maximum Gasteiger partial charge on any atom is 0.248 e. The third-order valence-corrected chi connectivity index (χ3v) is 6.88. The number of hydrogen-bond acceptors (Lipinski definition) is 4. The van der Waals surface area contributed by atoms with Crippen LogP contribution in [0.4, 0.5) is 10.1 Å². The minimum Gasteiger partial charge on any atom is -0.494 e. The van der Waals surface area contributed by atoms with Crippen LogP contribution in [0.25, 0.3) is 0 Å². The average molecular weight is 481 g/mol. The molecular formula is C27H29FN2O3S. The van der Waals surface area contributed by atoms with E-state index in [1.807, 2.05) is 24.4 Å². The molecule has 1 aromatic heterocycles. The van der Waals surface area contributed by atoms with Crippen molar-refractivity contribution in [1.82, 2.24) is 5.32 Å². The highest BCUT2D eigenvalue weighted by Crippen LogP contribution is 2.32. The van der Waals surface area contributed by atoms with E-state index in [1.165, 1.54) is 22.3 Å². The van der Waals surface area contributed by atoms with Crippen molar-refractivity contribution in [1.29, 1.82) is 0 Å². The zero-order valence-electron chi connectivity index (χ0n) is 19.2. The summed E-state index contributed by atoms with van der Waals surface area (Å²) < 4.78 is 20.6. The van der Waals surface area contributed by atoms with Gasteiger partial charge in [-0.3, -0.25) is 14.5 Å². The zero-order chi connectivity index (χ0) is 23.9. The summed E-state index contributed by atoms with van der Waals surface area (Å²) in [4.78, 5) is 29.6. The van der Waals surface area contributed by atoms with Gasteiger partial charge in [-0.05, 0) is 61.5 Å². The molecule has 0 spiro atoms.